The normalized spacial score (nSPS) is 9.17. The third-order valence-electron chi connectivity index (χ3n) is 2.40. The summed E-state index contributed by atoms with van der Waals surface area (Å²) in [6.45, 7) is 2.06. The van der Waals surface area contributed by atoms with Crippen LogP contribution < -0.4 is 5.73 Å². The molecule has 4 nitrogen and oxygen atoms in total. The molecule has 1 amide bonds. The Morgan fingerprint density at radius 3 is 2.44 bits per heavy atom. The molecule has 1 aromatic carbocycles. The number of carbonyl (C=O) groups is 1. The molecule has 18 heavy (non-hydrogen) atoms. The molecule has 0 aliphatic heterocycles. The van der Waals surface area contributed by atoms with Crippen LogP contribution in [0, 0.1) is 6.92 Å². The highest BCUT2D eigenvalue weighted by Crippen LogP contribution is 2.18. The number of aryl methyl sites for hydroxylation is 1. The van der Waals surface area contributed by atoms with Gasteiger partial charge in [-0.25, -0.2) is 0 Å². The maximum absolute atomic E-state index is 9.56. The molecule has 0 saturated carbocycles. The van der Waals surface area contributed by atoms with Crippen molar-refractivity contribution >= 4 is 6.41 Å². The highest BCUT2D eigenvalue weighted by Gasteiger charge is 2.01. The summed E-state index contributed by atoms with van der Waals surface area (Å²) in [4.78, 5) is 12.4. The molecule has 0 atom stereocenters. The molecule has 0 saturated heterocycles. The molecule has 0 bridgehead atoms. The Morgan fingerprint density at radius 1 is 1.28 bits per heavy atom. The zero-order valence-electron chi connectivity index (χ0n) is 10.2. The average Bonchev–Trinajstić information content (AvgIpc) is 2.36. The molecule has 1 heterocycles. The first kappa shape index (κ1) is 13.7. The lowest BCUT2D eigenvalue weighted by molar-refractivity contribution is -0.106. The third-order valence-corrected chi connectivity index (χ3v) is 2.40. The van der Waals surface area contributed by atoms with E-state index in [1.165, 1.54) is 17.3 Å². The second-order valence-corrected chi connectivity index (χ2v) is 3.80. The number of hydrogen-bond acceptors (Lipinski definition) is 3. The molecule has 4 heteroatoms. The SMILES string of the molecule is Cc1ccc(Cc2ccncc2O)cc1.NC=O. The van der Waals surface area contributed by atoms with E-state index in [1.807, 2.05) is 6.07 Å². The molecule has 0 radical (unpaired) electrons. The standard InChI is InChI=1S/C13H13NO.CH3NO/c1-10-2-4-11(5-3-10)8-12-6-7-14-9-13(12)15;2-1-3/h2-7,9,15H,8H2,1H3;1H,(H2,2,3). The van der Waals surface area contributed by atoms with Crippen LogP contribution in [0.4, 0.5) is 0 Å². The molecule has 1 aromatic heterocycles. The van der Waals surface area contributed by atoms with E-state index in [1.54, 1.807) is 6.20 Å². The minimum absolute atomic E-state index is 0.250. The molecule has 0 aliphatic rings. The van der Waals surface area contributed by atoms with E-state index in [0.29, 0.717) is 0 Å². The highest BCUT2D eigenvalue weighted by molar-refractivity contribution is 5.42. The van der Waals surface area contributed by atoms with E-state index >= 15 is 0 Å². The van der Waals surface area contributed by atoms with Gasteiger partial charge in [-0.3, -0.25) is 9.78 Å². The van der Waals surface area contributed by atoms with E-state index in [9.17, 15) is 5.11 Å². The van der Waals surface area contributed by atoms with Crippen molar-refractivity contribution in [2.45, 2.75) is 13.3 Å². The van der Waals surface area contributed by atoms with Crippen molar-refractivity contribution in [1.82, 2.24) is 4.98 Å². The van der Waals surface area contributed by atoms with Crippen molar-refractivity contribution in [3.63, 3.8) is 0 Å². The number of benzene rings is 1. The van der Waals surface area contributed by atoms with Crippen LogP contribution in [0.5, 0.6) is 5.75 Å². The largest absolute Gasteiger partial charge is 0.506 e. The summed E-state index contributed by atoms with van der Waals surface area (Å²) in [5.41, 5.74) is 7.52. The lowest BCUT2D eigenvalue weighted by Gasteiger charge is -2.04. The average molecular weight is 244 g/mol. The van der Waals surface area contributed by atoms with Crippen LogP contribution >= 0.6 is 0 Å². The molecule has 0 fully saturated rings. The number of nitrogens with two attached hydrogens (primary N) is 1. The van der Waals surface area contributed by atoms with Crippen molar-refractivity contribution in [3.05, 3.63) is 59.4 Å². The van der Waals surface area contributed by atoms with Gasteiger partial charge in [-0.05, 0) is 18.6 Å². The fourth-order valence-electron chi connectivity index (χ4n) is 1.49. The number of primary amides is 1. The lowest BCUT2D eigenvalue weighted by Crippen LogP contribution is -1.89. The van der Waals surface area contributed by atoms with Gasteiger partial charge in [0, 0.05) is 18.2 Å². The Kier molecular flexibility index (Phi) is 5.38. The van der Waals surface area contributed by atoms with E-state index in [0.717, 1.165) is 12.0 Å². The van der Waals surface area contributed by atoms with Gasteiger partial charge in [0.25, 0.3) is 0 Å². The van der Waals surface area contributed by atoms with E-state index in [-0.39, 0.29) is 12.2 Å². The Hall–Kier alpha value is -2.36. The first-order valence-electron chi connectivity index (χ1n) is 5.50. The number of hydrogen-bond donors (Lipinski definition) is 2. The summed E-state index contributed by atoms with van der Waals surface area (Å²) in [7, 11) is 0. The molecular formula is C14H16N2O2. The predicted octanol–water partition coefficient (Wildman–Crippen LogP) is 1.79. The zero-order valence-corrected chi connectivity index (χ0v) is 10.2. The van der Waals surface area contributed by atoms with Gasteiger partial charge in [0.1, 0.15) is 5.75 Å². The zero-order chi connectivity index (χ0) is 13.4. The molecule has 2 aromatic rings. The summed E-state index contributed by atoms with van der Waals surface area (Å²) >= 11 is 0. The molecule has 2 rings (SSSR count). The van der Waals surface area contributed by atoms with Crippen molar-refractivity contribution in [3.8, 4) is 5.75 Å². The maximum atomic E-state index is 9.56. The van der Waals surface area contributed by atoms with Crippen LogP contribution in [0.2, 0.25) is 0 Å². The number of aromatic hydroxyl groups is 1. The smallest absolute Gasteiger partial charge is 0.204 e. The Labute approximate surface area is 106 Å². The van der Waals surface area contributed by atoms with E-state index in [4.69, 9.17) is 4.79 Å². The highest BCUT2D eigenvalue weighted by atomic mass is 16.3. The van der Waals surface area contributed by atoms with Crippen molar-refractivity contribution < 1.29 is 9.90 Å². The summed E-state index contributed by atoms with van der Waals surface area (Å²) in [6.07, 6.45) is 4.17. The Balaban J connectivity index is 0.000000492. The second kappa shape index (κ2) is 7.06. The Morgan fingerprint density at radius 2 is 1.89 bits per heavy atom. The van der Waals surface area contributed by atoms with Gasteiger partial charge in [0.15, 0.2) is 0 Å². The lowest BCUT2D eigenvalue weighted by atomic mass is 10.0. The van der Waals surface area contributed by atoms with Crippen LogP contribution in [0.15, 0.2) is 42.7 Å². The molecule has 3 N–H and O–H groups in total. The van der Waals surface area contributed by atoms with Crippen molar-refractivity contribution in [1.29, 1.82) is 0 Å². The minimum atomic E-state index is 0.250. The van der Waals surface area contributed by atoms with Gasteiger partial charge in [-0.2, -0.15) is 0 Å². The van der Waals surface area contributed by atoms with Gasteiger partial charge in [-0.15, -0.1) is 0 Å². The van der Waals surface area contributed by atoms with Gasteiger partial charge >= 0.3 is 0 Å². The van der Waals surface area contributed by atoms with Gasteiger partial charge in [-0.1, -0.05) is 29.8 Å². The van der Waals surface area contributed by atoms with Crippen molar-refractivity contribution in [2.75, 3.05) is 0 Å². The van der Waals surface area contributed by atoms with Crippen LogP contribution in [0.25, 0.3) is 0 Å². The number of rotatable bonds is 2. The third kappa shape index (κ3) is 4.25. The van der Waals surface area contributed by atoms with Gasteiger partial charge in [0.05, 0.1) is 6.20 Å². The van der Waals surface area contributed by atoms with E-state index in [2.05, 4.69) is 41.9 Å². The molecule has 94 valence electrons. The molecule has 0 spiro atoms. The first-order chi connectivity index (χ1) is 8.67. The summed E-state index contributed by atoms with van der Waals surface area (Å²) in [5, 5.41) is 9.56. The molecule has 0 unspecified atom stereocenters. The number of amides is 1. The maximum Gasteiger partial charge on any atom is 0.204 e. The van der Waals surface area contributed by atoms with E-state index < -0.39 is 0 Å². The topological polar surface area (TPSA) is 76.2 Å². The van der Waals surface area contributed by atoms with Gasteiger partial charge < -0.3 is 10.8 Å². The van der Waals surface area contributed by atoms with Crippen molar-refractivity contribution in [2.24, 2.45) is 5.73 Å². The fraction of sp³-hybridized carbons (Fsp3) is 0.143. The summed E-state index contributed by atoms with van der Waals surface area (Å²) in [6, 6.07) is 10.2. The number of carbonyl (C=O) groups excluding carboxylic acids is 1. The fourth-order valence-corrected chi connectivity index (χ4v) is 1.49. The summed E-state index contributed by atoms with van der Waals surface area (Å²) in [5.74, 6) is 0.262. The molecular weight excluding hydrogens is 228 g/mol. The second-order valence-electron chi connectivity index (χ2n) is 3.80. The monoisotopic (exact) mass is 244 g/mol. The van der Waals surface area contributed by atoms with Crippen LogP contribution in [-0.2, 0) is 11.2 Å². The number of aromatic nitrogens is 1. The number of nitrogens with zero attached hydrogens (tertiary/aromatic N) is 1. The van der Waals surface area contributed by atoms with Crippen LogP contribution in [0.1, 0.15) is 16.7 Å². The quantitative estimate of drug-likeness (QED) is 0.791. The minimum Gasteiger partial charge on any atom is -0.506 e. The first-order valence-corrected chi connectivity index (χ1v) is 5.50. The van der Waals surface area contributed by atoms with Crippen LogP contribution in [0.3, 0.4) is 0 Å². The predicted molar refractivity (Wildman–Crippen MR) is 70.1 cm³/mol. The number of pyridine rings is 1. The van der Waals surface area contributed by atoms with Crippen LogP contribution in [-0.4, -0.2) is 16.5 Å². The molecule has 0 aliphatic carbocycles. The van der Waals surface area contributed by atoms with Gasteiger partial charge in [0.2, 0.25) is 6.41 Å². The summed E-state index contributed by atoms with van der Waals surface area (Å²) < 4.78 is 0. The Bertz CT molecular complexity index is 495.